The number of amides is 4. The lowest BCUT2D eigenvalue weighted by molar-refractivity contribution is -0.133. The number of nitrogens with two attached hydrogens (primary N) is 2. The lowest BCUT2D eigenvalue weighted by Crippen LogP contribution is -2.41. The Morgan fingerprint density at radius 1 is 0.887 bits per heavy atom. The predicted molar refractivity (Wildman–Crippen MR) is 191 cm³/mol. The highest BCUT2D eigenvalue weighted by atomic mass is 31.2. The van der Waals surface area contributed by atoms with Gasteiger partial charge in [-0.15, -0.1) is 0 Å². The molecule has 0 atom stereocenters. The molecule has 4 N–H and O–H groups in total. The van der Waals surface area contributed by atoms with Crippen LogP contribution in [-0.4, -0.2) is 67.5 Å². The number of nitrogens with zero attached hydrogens (tertiary/aromatic N) is 3. The zero-order valence-corrected chi connectivity index (χ0v) is 30.3. The molecule has 0 bridgehead atoms. The van der Waals surface area contributed by atoms with Crippen molar-refractivity contribution in [3.63, 3.8) is 0 Å². The van der Waals surface area contributed by atoms with Crippen LogP contribution in [0.2, 0.25) is 0 Å². The zero-order chi connectivity index (χ0) is 38.3. The summed E-state index contributed by atoms with van der Waals surface area (Å²) in [4.78, 5) is 44.6. The largest absolute Gasteiger partial charge is 0.493 e. The summed E-state index contributed by atoms with van der Waals surface area (Å²) >= 11 is 0. The molecule has 1 aromatic heterocycles. The van der Waals surface area contributed by atoms with Crippen molar-refractivity contribution in [2.45, 2.75) is 33.1 Å². The average molecular weight is 756 g/mol. The molecule has 0 unspecified atom stereocenters. The first-order valence-corrected chi connectivity index (χ1v) is 18.5. The molecule has 5 rings (SSSR count). The standard InChI is InChI=1S/C36H40F2N5O9P/c1-4-50-53(47,51-5-2)22-42(35(40)46)17-6-18-49-32-21-28-26(20-31(32)48-3)29(13-16-41-28)52-30-12-11-25(19-27(30)38)43(24-9-7-23(37)8-10-24)34(45)36(14-15-36)33(39)44/h7-13,16,19-21H,4-6,14-15,17-18,22H2,1-3H3,(H2,39,44)(H2,40,46). The molecule has 1 heterocycles. The molecule has 1 saturated carbocycles. The first-order chi connectivity index (χ1) is 25.3. The summed E-state index contributed by atoms with van der Waals surface area (Å²) in [6, 6.07) is 12.8. The smallest absolute Gasteiger partial charge is 0.349 e. The van der Waals surface area contributed by atoms with Crippen molar-refractivity contribution < 1.29 is 51.0 Å². The minimum Gasteiger partial charge on any atom is -0.493 e. The Kier molecular flexibility index (Phi) is 12.2. The number of benzene rings is 3. The van der Waals surface area contributed by atoms with Gasteiger partial charge in [0, 0.05) is 35.9 Å². The molecule has 0 radical (unpaired) electrons. The molecule has 4 amide bonds. The number of anilines is 2. The summed E-state index contributed by atoms with van der Waals surface area (Å²) in [5.41, 5.74) is 10.4. The Bertz CT molecular complexity index is 2020. The number of methoxy groups -OCH3 is 1. The molecule has 0 saturated heterocycles. The summed E-state index contributed by atoms with van der Waals surface area (Å²) in [7, 11) is -2.12. The number of pyridine rings is 1. The average Bonchev–Trinajstić information content (AvgIpc) is 3.94. The Balaban J connectivity index is 1.33. The van der Waals surface area contributed by atoms with Gasteiger partial charge in [-0.2, -0.15) is 0 Å². The first-order valence-electron chi connectivity index (χ1n) is 16.7. The van der Waals surface area contributed by atoms with Gasteiger partial charge in [0.15, 0.2) is 23.1 Å². The number of aromatic nitrogens is 1. The number of urea groups is 1. The molecule has 1 aliphatic rings. The molecule has 0 aliphatic heterocycles. The van der Waals surface area contributed by atoms with E-state index in [1.165, 1.54) is 48.5 Å². The molecule has 53 heavy (non-hydrogen) atoms. The Morgan fingerprint density at radius 2 is 1.57 bits per heavy atom. The number of hydrogen-bond acceptors (Lipinski definition) is 10. The molecular weight excluding hydrogens is 715 g/mol. The number of carbonyl (C=O) groups is 3. The van der Waals surface area contributed by atoms with Gasteiger partial charge < -0.3 is 39.6 Å². The maximum Gasteiger partial charge on any atom is 0.349 e. The predicted octanol–water partition coefficient (Wildman–Crippen LogP) is 6.62. The van der Waals surface area contributed by atoms with E-state index >= 15 is 4.39 Å². The topological polar surface area (TPSA) is 186 Å². The summed E-state index contributed by atoms with van der Waals surface area (Å²) in [6.45, 7) is 3.83. The minimum absolute atomic E-state index is 0.0820. The molecule has 3 aromatic carbocycles. The van der Waals surface area contributed by atoms with E-state index in [2.05, 4.69) is 4.98 Å². The summed E-state index contributed by atoms with van der Waals surface area (Å²) < 4.78 is 70.4. The maximum atomic E-state index is 15.7. The van der Waals surface area contributed by atoms with Crippen LogP contribution < -0.4 is 30.6 Å². The van der Waals surface area contributed by atoms with Crippen molar-refractivity contribution in [1.82, 2.24) is 9.88 Å². The van der Waals surface area contributed by atoms with Gasteiger partial charge in [0.25, 0.3) is 0 Å². The van der Waals surface area contributed by atoms with Crippen LogP contribution in [0.3, 0.4) is 0 Å². The summed E-state index contributed by atoms with van der Waals surface area (Å²) in [6.07, 6.45) is 1.96. The van der Waals surface area contributed by atoms with Crippen LogP contribution in [0.15, 0.2) is 66.9 Å². The molecule has 14 nitrogen and oxygen atoms in total. The van der Waals surface area contributed by atoms with Crippen molar-refractivity contribution in [3.8, 4) is 23.0 Å². The normalized spacial score (nSPS) is 13.3. The van der Waals surface area contributed by atoms with E-state index in [9.17, 15) is 23.3 Å². The number of halogens is 2. The quantitative estimate of drug-likeness (QED) is 0.0635. The lowest BCUT2D eigenvalue weighted by atomic mass is 10.0. The second-order valence-corrected chi connectivity index (χ2v) is 14.0. The van der Waals surface area contributed by atoms with Gasteiger partial charge in [-0.3, -0.25) is 24.0 Å². The van der Waals surface area contributed by atoms with E-state index in [1.807, 2.05) is 0 Å². The number of ether oxygens (including phenoxy) is 3. The second kappa shape index (κ2) is 16.6. The monoisotopic (exact) mass is 755 g/mol. The van der Waals surface area contributed by atoms with Gasteiger partial charge in [0.05, 0.1) is 38.1 Å². The van der Waals surface area contributed by atoms with Crippen molar-refractivity contribution in [3.05, 3.63) is 78.5 Å². The fourth-order valence-corrected chi connectivity index (χ4v) is 7.33. The van der Waals surface area contributed by atoms with Crippen molar-refractivity contribution in [2.24, 2.45) is 16.9 Å². The van der Waals surface area contributed by atoms with E-state index in [0.717, 1.165) is 23.1 Å². The SMILES string of the molecule is CCOP(=O)(CN(CCCOc1cc2nccc(Oc3ccc(N(C(=O)C4(C(N)=O)CC4)c4ccc(F)cc4)cc3F)c2cc1OC)C(N)=O)OCC. The third-order valence-corrected chi connectivity index (χ3v) is 10.4. The highest BCUT2D eigenvalue weighted by Crippen LogP contribution is 2.50. The number of fused-ring (bicyclic) bond motifs is 1. The maximum absolute atomic E-state index is 15.7. The highest BCUT2D eigenvalue weighted by molar-refractivity contribution is 7.53. The van der Waals surface area contributed by atoms with Gasteiger partial charge in [-0.05, 0) is 81.6 Å². The van der Waals surface area contributed by atoms with Crippen LogP contribution in [0.25, 0.3) is 10.9 Å². The van der Waals surface area contributed by atoms with E-state index in [-0.39, 0.29) is 68.4 Å². The second-order valence-electron chi connectivity index (χ2n) is 12.0. The minimum atomic E-state index is -3.56. The third kappa shape index (κ3) is 8.84. The van der Waals surface area contributed by atoms with Crippen LogP contribution in [-0.2, 0) is 23.2 Å². The molecule has 282 valence electrons. The van der Waals surface area contributed by atoms with Crippen LogP contribution in [0.4, 0.5) is 25.0 Å². The zero-order valence-electron chi connectivity index (χ0n) is 29.4. The molecule has 0 spiro atoms. The Morgan fingerprint density at radius 3 is 2.15 bits per heavy atom. The van der Waals surface area contributed by atoms with Crippen molar-refractivity contribution >= 4 is 47.7 Å². The lowest BCUT2D eigenvalue weighted by Gasteiger charge is -2.26. The molecule has 17 heteroatoms. The fourth-order valence-electron chi connectivity index (χ4n) is 5.61. The van der Waals surface area contributed by atoms with Crippen LogP contribution in [0, 0.1) is 17.0 Å². The summed E-state index contributed by atoms with van der Waals surface area (Å²) in [5, 5.41) is 0.461. The third-order valence-electron chi connectivity index (χ3n) is 8.44. The van der Waals surface area contributed by atoms with Gasteiger partial charge in [-0.1, -0.05) is 0 Å². The van der Waals surface area contributed by atoms with E-state index in [1.54, 1.807) is 26.0 Å². The van der Waals surface area contributed by atoms with E-state index < -0.39 is 42.5 Å². The van der Waals surface area contributed by atoms with Crippen LogP contribution >= 0.6 is 7.60 Å². The van der Waals surface area contributed by atoms with Gasteiger partial charge in [0.2, 0.25) is 11.8 Å². The molecule has 1 fully saturated rings. The van der Waals surface area contributed by atoms with Gasteiger partial charge in [-0.25, -0.2) is 13.6 Å². The number of primary amides is 2. The molecule has 4 aromatic rings. The Labute approximate surface area is 304 Å². The van der Waals surface area contributed by atoms with Crippen LogP contribution in [0.1, 0.15) is 33.1 Å². The van der Waals surface area contributed by atoms with Crippen molar-refractivity contribution in [2.75, 3.05) is 44.7 Å². The van der Waals surface area contributed by atoms with E-state index in [4.69, 9.17) is 34.7 Å². The molecular formula is C36H40F2N5O9P. The van der Waals surface area contributed by atoms with Gasteiger partial charge >= 0.3 is 13.6 Å². The Hall–Kier alpha value is -5.31. The summed E-state index contributed by atoms with van der Waals surface area (Å²) in [5.74, 6) is -2.11. The first kappa shape index (κ1) is 38.9. The number of rotatable bonds is 18. The highest BCUT2D eigenvalue weighted by Gasteiger charge is 2.57. The van der Waals surface area contributed by atoms with Gasteiger partial charge in [0.1, 0.15) is 23.3 Å². The number of carbonyl (C=O) groups excluding carboxylic acids is 3. The van der Waals surface area contributed by atoms with Crippen LogP contribution in [0.5, 0.6) is 23.0 Å². The molecule has 1 aliphatic carbocycles. The number of hydrogen-bond donors (Lipinski definition) is 2. The fraction of sp³-hybridized carbons (Fsp3) is 0.333. The van der Waals surface area contributed by atoms with Crippen molar-refractivity contribution in [1.29, 1.82) is 0 Å². The van der Waals surface area contributed by atoms with E-state index in [0.29, 0.717) is 28.8 Å².